The highest BCUT2D eigenvalue weighted by molar-refractivity contribution is 6.51. The fourth-order valence-electron chi connectivity index (χ4n) is 5.72. The van der Waals surface area contributed by atoms with Gasteiger partial charge in [-0.05, 0) is 74.4 Å². The molecule has 4 aromatic carbocycles. The normalized spacial score (nSPS) is 15.5. The molecule has 0 radical (unpaired) electrons. The Bertz CT molecular complexity index is 1820. The lowest BCUT2D eigenvalue weighted by atomic mass is 9.93. The van der Waals surface area contributed by atoms with Crippen LogP contribution < -0.4 is 10.2 Å². The van der Waals surface area contributed by atoms with Gasteiger partial charge >= 0.3 is 0 Å². The number of aromatic nitrogens is 2. The molecule has 7 rings (SSSR count). The highest BCUT2D eigenvalue weighted by Gasteiger charge is 2.42. The monoisotopic (exact) mass is 526 g/mol. The number of anilines is 2. The van der Waals surface area contributed by atoms with Gasteiger partial charge < -0.3 is 10.2 Å². The molecule has 1 atom stereocenters. The smallest absolute Gasteiger partial charge is 0.179 e. The molecule has 0 saturated carbocycles. The van der Waals surface area contributed by atoms with E-state index in [9.17, 15) is 0 Å². The molecule has 1 N–H and O–H groups in total. The maximum absolute atomic E-state index is 15.7. The van der Waals surface area contributed by atoms with E-state index in [0.29, 0.717) is 23.1 Å². The predicted molar refractivity (Wildman–Crippen MR) is 159 cm³/mol. The van der Waals surface area contributed by atoms with Gasteiger partial charge in [-0.15, -0.1) is 0 Å². The third-order valence-electron chi connectivity index (χ3n) is 7.32. The Labute approximate surface area is 232 Å². The van der Waals surface area contributed by atoms with Gasteiger partial charge in [-0.25, -0.2) is 19.1 Å². The van der Waals surface area contributed by atoms with Crippen LogP contribution in [0.3, 0.4) is 0 Å². The van der Waals surface area contributed by atoms with Gasteiger partial charge in [0.2, 0.25) is 0 Å². The molecule has 3 heterocycles. The maximum Gasteiger partial charge on any atom is 0.179 e. The highest BCUT2D eigenvalue weighted by atomic mass is 19.1. The van der Waals surface area contributed by atoms with Crippen LogP contribution in [-0.2, 0) is 0 Å². The third-order valence-corrected chi connectivity index (χ3v) is 7.32. The molecule has 2 aliphatic rings. The van der Waals surface area contributed by atoms with Crippen molar-refractivity contribution in [3.8, 4) is 5.69 Å². The number of rotatable bonds is 3. The van der Waals surface area contributed by atoms with Gasteiger partial charge in [-0.1, -0.05) is 54.6 Å². The zero-order valence-corrected chi connectivity index (χ0v) is 22.4. The van der Waals surface area contributed by atoms with E-state index in [1.807, 2.05) is 78.3 Å². The number of aryl methyl sites for hydroxylation is 3. The fraction of sp³-hybridized carbons (Fsp3) is 0.121. The second kappa shape index (κ2) is 9.31. The molecule has 196 valence electrons. The SMILES string of the molecule is Cc1cc(C)cc(NC2=Nc3ccccc3N3C2=Nc2c(c(C)nn2-c2ccccc2)C3c2ccccc2F)c1. The van der Waals surface area contributed by atoms with Crippen molar-refractivity contribution in [3.05, 3.63) is 131 Å². The van der Waals surface area contributed by atoms with Crippen LogP contribution in [0, 0.1) is 26.6 Å². The molecule has 1 unspecified atom stereocenters. The molecule has 0 fully saturated rings. The third kappa shape index (κ3) is 3.90. The molecular weight excluding hydrogens is 499 g/mol. The summed E-state index contributed by atoms with van der Waals surface area (Å²) in [5, 5.41) is 8.45. The van der Waals surface area contributed by atoms with Gasteiger partial charge in [0.1, 0.15) is 5.82 Å². The number of hydrogen-bond acceptors (Lipinski definition) is 5. The number of hydrogen-bond donors (Lipinski definition) is 1. The van der Waals surface area contributed by atoms with Gasteiger partial charge in [0, 0.05) is 16.8 Å². The van der Waals surface area contributed by atoms with Crippen molar-refractivity contribution in [2.75, 3.05) is 10.2 Å². The number of amidine groups is 2. The van der Waals surface area contributed by atoms with Crippen molar-refractivity contribution in [3.63, 3.8) is 0 Å². The summed E-state index contributed by atoms with van der Waals surface area (Å²) < 4.78 is 17.5. The quantitative estimate of drug-likeness (QED) is 0.262. The second-order valence-corrected chi connectivity index (χ2v) is 10.3. The summed E-state index contributed by atoms with van der Waals surface area (Å²) in [6.07, 6.45) is 0. The van der Waals surface area contributed by atoms with E-state index in [-0.39, 0.29) is 5.82 Å². The van der Waals surface area contributed by atoms with Crippen LogP contribution in [0.2, 0.25) is 0 Å². The van der Waals surface area contributed by atoms with Crippen LogP contribution in [0.5, 0.6) is 0 Å². The van der Waals surface area contributed by atoms with Gasteiger partial charge in [0.05, 0.1) is 28.8 Å². The Kier molecular flexibility index (Phi) is 5.59. The molecule has 0 spiro atoms. The lowest BCUT2D eigenvalue weighted by Crippen LogP contribution is -2.46. The van der Waals surface area contributed by atoms with E-state index in [2.05, 4.69) is 42.3 Å². The van der Waals surface area contributed by atoms with Gasteiger partial charge in [-0.3, -0.25) is 0 Å². The van der Waals surface area contributed by atoms with E-state index in [0.717, 1.165) is 45.1 Å². The second-order valence-electron chi connectivity index (χ2n) is 10.3. The van der Waals surface area contributed by atoms with Crippen LogP contribution in [0.4, 0.5) is 27.3 Å². The van der Waals surface area contributed by atoms with Crippen LogP contribution in [-0.4, -0.2) is 21.5 Å². The topological polar surface area (TPSA) is 57.8 Å². The summed E-state index contributed by atoms with van der Waals surface area (Å²) in [7, 11) is 0. The number of halogens is 1. The number of fused-ring (bicyclic) bond motifs is 4. The molecule has 0 aliphatic carbocycles. The standard InChI is InChI=1S/C33H27FN6/c1-20-17-21(2)19-23(18-20)35-31-33-37-32-29(22(3)38-40(32)24-11-5-4-6-12-24)30(25-13-7-8-14-26(25)34)39(33)28-16-10-9-15-27(28)36-31/h4-19,30H,1-3H3,(H,35,36). The molecular formula is C33H27FN6. The van der Waals surface area contributed by atoms with Gasteiger partial charge in [0.15, 0.2) is 17.5 Å². The minimum Gasteiger partial charge on any atom is -0.337 e. The molecule has 0 amide bonds. The zero-order chi connectivity index (χ0) is 27.4. The average molecular weight is 527 g/mol. The number of benzene rings is 4. The van der Waals surface area contributed by atoms with E-state index in [1.54, 1.807) is 6.07 Å². The van der Waals surface area contributed by atoms with Gasteiger partial charge in [0.25, 0.3) is 0 Å². The molecule has 0 saturated heterocycles. The predicted octanol–water partition coefficient (Wildman–Crippen LogP) is 7.73. The highest BCUT2D eigenvalue weighted by Crippen LogP contribution is 2.48. The minimum absolute atomic E-state index is 0.282. The molecule has 6 nitrogen and oxygen atoms in total. The lowest BCUT2D eigenvalue weighted by molar-refractivity contribution is 0.597. The Morgan fingerprint density at radius 3 is 2.25 bits per heavy atom. The van der Waals surface area contributed by atoms with Gasteiger partial charge in [-0.2, -0.15) is 5.10 Å². The first-order valence-corrected chi connectivity index (χ1v) is 13.3. The first-order chi connectivity index (χ1) is 19.5. The molecule has 1 aromatic heterocycles. The van der Waals surface area contributed by atoms with Crippen LogP contribution in [0.25, 0.3) is 5.69 Å². The van der Waals surface area contributed by atoms with Crippen molar-refractivity contribution in [2.45, 2.75) is 26.8 Å². The van der Waals surface area contributed by atoms with Crippen molar-refractivity contribution in [1.29, 1.82) is 0 Å². The number of nitrogens with zero attached hydrogens (tertiary/aromatic N) is 5. The molecule has 2 aliphatic heterocycles. The minimum atomic E-state index is -0.506. The summed E-state index contributed by atoms with van der Waals surface area (Å²) in [6, 6.07) is 30.6. The van der Waals surface area contributed by atoms with Crippen molar-refractivity contribution < 1.29 is 4.39 Å². The van der Waals surface area contributed by atoms with Crippen molar-refractivity contribution in [2.24, 2.45) is 9.98 Å². The number of para-hydroxylation sites is 3. The average Bonchev–Trinajstić information content (AvgIpc) is 3.28. The first kappa shape index (κ1) is 24.0. The Hall–Kier alpha value is -5.04. The first-order valence-electron chi connectivity index (χ1n) is 13.3. The maximum atomic E-state index is 15.7. The lowest BCUT2D eigenvalue weighted by Gasteiger charge is -2.40. The Morgan fingerprint density at radius 2 is 1.48 bits per heavy atom. The van der Waals surface area contributed by atoms with Crippen molar-refractivity contribution >= 4 is 34.6 Å². The fourth-order valence-corrected chi connectivity index (χ4v) is 5.72. The summed E-state index contributed by atoms with van der Waals surface area (Å²) in [5.41, 5.74) is 7.93. The molecule has 0 bridgehead atoms. The summed E-state index contributed by atoms with van der Waals surface area (Å²) in [5.74, 6) is 1.58. The summed E-state index contributed by atoms with van der Waals surface area (Å²) >= 11 is 0. The molecule has 7 heteroatoms. The Balaban J connectivity index is 1.51. The van der Waals surface area contributed by atoms with Crippen LogP contribution >= 0.6 is 0 Å². The van der Waals surface area contributed by atoms with E-state index >= 15 is 4.39 Å². The molecule has 5 aromatic rings. The zero-order valence-electron chi connectivity index (χ0n) is 22.4. The van der Waals surface area contributed by atoms with Crippen LogP contribution in [0.1, 0.15) is 34.0 Å². The van der Waals surface area contributed by atoms with E-state index in [1.165, 1.54) is 6.07 Å². The Morgan fingerprint density at radius 1 is 0.775 bits per heavy atom. The van der Waals surface area contributed by atoms with Crippen molar-refractivity contribution in [1.82, 2.24) is 9.78 Å². The molecule has 40 heavy (non-hydrogen) atoms. The number of aliphatic imine (C=N–C) groups is 2. The number of nitrogens with one attached hydrogen (secondary N) is 1. The van der Waals surface area contributed by atoms with E-state index in [4.69, 9.17) is 15.1 Å². The summed E-state index contributed by atoms with van der Waals surface area (Å²) in [4.78, 5) is 12.3. The largest absolute Gasteiger partial charge is 0.337 e. The van der Waals surface area contributed by atoms with E-state index < -0.39 is 6.04 Å². The summed E-state index contributed by atoms with van der Waals surface area (Å²) in [6.45, 7) is 6.11. The van der Waals surface area contributed by atoms with Crippen LogP contribution in [0.15, 0.2) is 107 Å².